The van der Waals surface area contributed by atoms with E-state index in [9.17, 15) is 4.79 Å². The van der Waals surface area contributed by atoms with Crippen molar-refractivity contribution in [2.75, 3.05) is 0 Å². The van der Waals surface area contributed by atoms with E-state index in [1.807, 2.05) is 39.0 Å². The van der Waals surface area contributed by atoms with Crippen molar-refractivity contribution in [3.8, 4) is 5.75 Å². The molecule has 0 saturated heterocycles. The Bertz CT molecular complexity index is 797. The molecule has 2 aromatic rings. The van der Waals surface area contributed by atoms with Crippen LogP contribution < -0.4 is 10.1 Å². The molecule has 2 unspecified atom stereocenters. The molecule has 3 heteroatoms. The molecule has 2 aromatic carbocycles. The molecule has 138 valence electrons. The predicted molar refractivity (Wildman–Crippen MR) is 106 cm³/mol. The molecule has 0 heterocycles. The lowest BCUT2D eigenvalue weighted by Gasteiger charge is -2.22. The van der Waals surface area contributed by atoms with Gasteiger partial charge in [-0.15, -0.1) is 0 Å². The largest absolute Gasteiger partial charge is 0.481 e. The number of hydrogen-bond acceptors (Lipinski definition) is 2. The van der Waals surface area contributed by atoms with Gasteiger partial charge in [-0.3, -0.25) is 4.79 Å². The van der Waals surface area contributed by atoms with Crippen LogP contribution in [0.5, 0.6) is 5.75 Å². The van der Waals surface area contributed by atoms with Gasteiger partial charge in [0.1, 0.15) is 5.75 Å². The number of benzene rings is 2. The van der Waals surface area contributed by atoms with E-state index >= 15 is 0 Å². The normalized spacial score (nSPS) is 15.7. The lowest BCUT2D eigenvalue weighted by Crippen LogP contribution is -2.38. The molecule has 0 bridgehead atoms. The molecule has 2 atom stereocenters. The summed E-state index contributed by atoms with van der Waals surface area (Å²) in [6, 6.07) is 12.6. The Labute approximate surface area is 156 Å². The van der Waals surface area contributed by atoms with Crippen molar-refractivity contribution in [1.82, 2.24) is 5.32 Å². The highest BCUT2D eigenvalue weighted by Crippen LogP contribution is 2.25. The second kappa shape index (κ2) is 7.94. The minimum absolute atomic E-state index is 0.0283. The van der Waals surface area contributed by atoms with Crippen LogP contribution in [0.15, 0.2) is 36.4 Å². The fraction of sp³-hybridized carbons (Fsp3) is 0.435. The molecular weight excluding hydrogens is 322 g/mol. The Morgan fingerprint density at radius 3 is 2.50 bits per heavy atom. The first-order valence-corrected chi connectivity index (χ1v) is 9.60. The van der Waals surface area contributed by atoms with E-state index in [0.717, 1.165) is 28.9 Å². The number of nitrogens with one attached hydrogen (secondary N) is 1. The number of carbonyl (C=O) groups is 1. The predicted octanol–water partition coefficient (Wildman–Crippen LogP) is 4.83. The standard InChI is InChI=1S/C23H29NO2/c1-15-9-10-16(2)22(13-15)26-18(4)23(25)24-17(3)20-12-11-19-7-5-6-8-21(19)14-20/h9-14,17-18H,5-8H2,1-4H3,(H,24,25). The van der Waals surface area contributed by atoms with E-state index in [1.54, 1.807) is 6.92 Å². The second-order valence-electron chi connectivity index (χ2n) is 7.49. The zero-order valence-corrected chi connectivity index (χ0v) is 16.3. The van der Waals surface area contributed by atoms with Gasteiger partial charge < -0.3 is 10.1 Å². The van der Waals surface area contributed by atoms with Gasteiger partial charge in [-0.2, -0.15) is 0 Å². The Balaban J connectivity index is 1.64. The average molecular weight is 351 g/mol. The van der Waals surface area contributed by atoms with Gasteiger partial charge >= 0.3 is 0 Å². The summed E-state index contributed by atoms with van der Waals surface area (Å²) >= 11 is 0. The quantitative estimate of drug-likeness (QED) is 0.838. The van der Waals surface area contributed by atoms with Gasteiger partial charge in [-0.25, -0.2) is 0 Å². The van der Waals surface area contributed by atoms with Gasteiger partial charge in [0.2, 0.25) is 0 Å². The Morgan fingerprint density at radius 1 is 1.00 bits per heavy atom. The van der Waals surface area contributed by atoms with Crippen molar-refractivity contribution >= 4 is 5.91 Å². The molecule has 1 amide bonds. The first-order valence-electron chi connectivity index (χ1n) is 9.60. The third kappa shape index (κ3) is 4.27. The first kappa shape index (κ1) is 18.5. The molecule has 0 aromatic heterocycles. The van der Waals surface area contributed by atoms with Crippen LogP contribution in [0, 0.1) is 13.8 Å². The summed E-state index contributed by atoms with van der Waals surface area (Å²) in [4.78, 5) is 12.6. The van der Waals surface area contributed by atoms with Crippen LogP contribution in [0.2, 0.25) is 0 Å². The highest BCUT2D eigenvalue weighted by atomic mass is 16.5. The van der Waals surface area contributed by atoms with E-state index < -0.39 is 6.10 Å². The topological polar surface area (TPSA) is 38.3 Å². The number of carbonyl (C=O) groups excluding carboxylic acids is 1. The third-order valence-electron chi connectivity index (χ3n) is 5.25. The van der Waals surface area contributed by atoms with E-state index in [4.69, 9.17) is 4.74 Å². The van der Waals surface area contributed by atoms with Gasteiger partial charge in [-0.1, -0.05) is 30.3 Å². The Kier molecular flexibility index (Phi) is 5.65. The van der Waals surface area contributed by atoms with Gasteiger partial charge in [0.05, 0.1) is 6.04 Å². The molecule has 3 rings (SSSR count). The van der Waals surface area contributed by atoms with Gasteiger partial charge in [0, 0.05) is 0 Å². The monoisotopic (exact) mass is 351 g/mol. The highest BCUT2D eigenvalue weighted by Gasteiger charge is 2.19. The maximum Gasteiger partial charge on any atom is 0.261 e. The van der Waals surface area contributed by atoms with E-state index in [2.05, 4.69) is 23.5 Å². The minimum atomic E-state index is -0.532. The summed E-state index contributed by atoms with van der Waals surface area (Å²) in [5.74, 6) is 0.685. The maximum absolute atomic E-state index is 12.6. The molecule has 0 saturated carbocycles. The molecule has 1 aliphatic carbocycles. The van der Waals surface area contributed by atoms with Crippen LogP contribution in [0.25, 0.3) is 0 Å². The van der Waals surface area contributed by atoms with Gasteiger partial charge in [0.25, 0.3) is 5.91 Å². The minimum Gasteiger partial charge on any atom is -0.481 e. The average Bonchev–Trinajstić information content (AvgIpc) is 2.64. The zero-order chi connectivity index (χ0) is 18.7. The molecule has 0 spiro atoms. The van der Waals surface area contributed by atoms with E-state index in [1.165, 1.54) is 30.4 Å². The summed E-state index contributed by atoms with van der Waals surface area (Å²) in [6.07, 6.45) is 4.34. The maximum atomic E-state index is 12.6. The lowest BCUT2D eigenvalue weighted by atomic mass is 9.89. The van der Waals surface area contributed by atoms with Gasteiger partial charge in [-0.05, 0) is 87.3 Å². The summed E-state index contributed by atoms with van der Waals surface area (Å²) < 4.78 is 5.90. The number of fused-ring (bicyclic) bond motifs is 1. The van der Waals surface area contributed by atoms with Crippen molar-refractivity contribution in [2.24, 2.45) is 0 Å². The van der Waals surface area contributed by atoms with Gasteiger partial charge in [0.15, 0.2) is 6.10 Å². The summed E-state index contributed by atoms with van der Waals surface area (Å²) in [5.41, 5.74) is 6.23. The van der Waals surface area contributed by atoms with Crippen LogP contribution in [0.1, 0.15) is 60.5 Å². The van der Waals surface area contributed by atoms with Crippen LogP contribution in [-0.4, -0.2) is 12.0 Å². The van der Waals surface area contributed by atoms with Crippen molar-refractivity contribution in [3.63, 3.8) is 0 Å². The lowest BCUT2D eigenvalue weighted by molar-refractivity contribution is -0.127. The van der Waals surface area contributed by atoms with Crippen LogP contribution in [-0.2, 0) is 17.6 Å². The molecule has 1 N–H and O–H groups in total. The smallest absolute Gasteiger partial charge is 0.261 e. The first-order chi connectivity index (χ1) is 12.4. The Hall–Kier alpha value is -2.29. The second-order valence-corrected chi connectivity index (χ2v) is 7.49. The van der Waals surface area contributed by atoms with Crippen LogP contribution >= 0.6 is 0 Å². The zero-order valence-electron chi connectivity index (χ0n) is 16.3. The SMILES string of the molecule is Cc1ccc(C)c(OC(C)C(=O)NC(C)c2ccc3c(c2)CCCC3)c1. The number of rotatable bonds is 5. The van der Waals surface area contributed by atoms with Crippen LogP contribution in [0.4, 0.5) is 0 Å². The van der Waals surface area contributed by atoms with Crippen molar-refractivity contribution in [1.29, 1.82) is 0 Å². The number of ether oxygens (including phenoxy) is 1. The third-order valence-corrected chi connectivity index (χ3v) is 5.25. The van der Waals surface area contributed by atoms with Crippen molar-refractivity contribution in [2.45, 2.75) is 65.5 Å². The van der Waals surface area contributed by atoms with Crippen LogP contribution in [0.3, 0.4) is 0 Å². The highest BCUT2D eigenvalue weighted by molar-refractivity contribution is 5.81. The Morgan fingerprint density at radius 2 is 1.73 bits per heavy atom. The summed E-state index contributed by atoms with van der Waals surface area (Å²) in [6.45, 7) is 7.86. The molecule has 1 aliphatic rings. The molecular formula is C23H29NO2. The molecule has 0 fully saturated rings. The molecule has 26 heavy (non-hydrogen) atoms. The van der Waals surface area contributed by atoms with E-state index in [0.29, 0.717) is 0 Å². The van der Waals surface area contributed by atoms with E-state index in [-0.39, 0.29) is 11.9 Å². The number of aryl methyl sites for hydroxylation is 4. The summed E-state index contributed by atoms with van der Waals surface area (Å²) in [5, 5.41) is 3.09. The fourth-order valence-electron chi connectivity index (χ4n) is 3.52. The molecule has 0 aliphatic heterocycles. The van der Waals surface area contributed by atoms with Crippen molar-refractivity contribution < 1.29 is 9.53 Å². The fourth-order valence-corrected chi connectivity index (χ4v) is 3.52. The molecule has 0 radical (unpaired) electrons. The molecule has 3 nitrogen and oxygen atoms in total. The van der Waals surface area contributed by atoms with Crippen molar-refractivity contribution in [3.05, 3.63) is 64.2 Å². The number of amides is 1. The summed E-state index contributed by atoms with van der Waals surface area (Å²) in [7, 11) is 0. The number of hydrogen-bond donors (Lipinski definition) is 1.